The number of amides is 3. The molecule has 2 aromatic rings. The quantitative estimate of drug-likeness (QED) is 0.724. The van der Waals surface area contributed by atoms with E-state index in [9.17, 15) is 9.59 Å². The van der Waals surface area contributed by atoms with Crippen molar-refractivity contribution in [1.29, 1.82) is 0 Å². The van der Waals surface area contributed by atoms with Gasteiger partial charge in [0.15, 0.2) is 0 Å². The zero-order valence-corrected chi connectivity index (χ0v) is 16.5. The zero-order valence-electron chi connectivity index (χ0n) is 15.7. The van der Waals surface area contributed by atoms with Crippen LogP contribution in [0.15, 0.2) is 42.5 Å². The van der Waals surface area contributed by atoms with Crippen LogP contribution >= 0.6 is 11.6 Å². The van der Waals surface area contributed by atoms with Crippen molar-refractivity contribution >= 4 is 34.9 Å². The van der Waals surface area contributed by atoms with Gasteiger partial charge in [-0.2, -0.15) is 0 Å². The lowest BCUT2D eigenvalue weighted by Gasteiger charge is -2.17. The van der Waals surface area contributed by atoms with Crippen LogP contribution in [0, 0.1) is 5.92 Å². The van der Waals surface area contributed by atoms with Crippen molar-refractivity contribution in [2.75, 3.05) is 10.6 Å². The molecular formula is C22H24ClN3O2. The van der Waals surface area contributed by atoms with E-state index in [-0.39, 0.29) is 11.9 Å². The Labute approximate surface area is 170 Å². The lowest BCUT2D eigenvalue weighted by atomic mass is 10.0. The Kier molecular flexibility index (Phi) is 5.53. The van der Waals surface area contributed by atoms with Gasteiger partial charge in [-0.15, -0.1) is 0 Å². The van der Waals surface area contributed by atoms with E-state index in [0.29, 0.717) is 36.1 Å². The summed E-state index contributed by atoms with van der Waals surface area (Å²) in [6.07, 6.45) is 5.38. The topological polar surface area (TPSA) is 61.4 Å². The van der Waals surface area contributed by atoms with Gasteiger partial charge in [0.2, 0.25) is 5.91 Å². The van der Waals surface area contributed by atoms with E-state index in [1.807, 2.05) is 30.3 Å². The minimum Gasteiger partial charge on any atom is -0.326 e. The summed E-state index contributed by atoms with van der Waals surface area (Å²) in [6.45, 7) is 1.06. The van der Waals surface area contributed by atoms with Gasteiger partial charge in [0.25, 0.3) is 0 Å². The van der Waals surface area contributed by atoms with E-state index in [0.717, 1.165) is 29.7 Å². The van der Waals surface area contributed by atoms with Crippen molar-refractivity contribution < 1.29 is 9.59 Å². The molecule has 0 bridgehead atoms. The number of hydrogen-bond acceptors (Lipinski definition) is 2. The molecule has 2 aromatic carbocycles. The van der Waals surface area contributed by atoms with Crippen LogP contribution < -0.4 is 10.6 Å². The Bertz CT molecular complexity index is 876. The summed E-state index contributed by atoms with van der Waals surface area (Å²) < 4.78 is 0. The summed E-state index contributed by atoms with van der Waals surface area (Å²) in [4.78, 5) is 26.4. The molecule has 1 saturated carbocycles. The van der Waals surface area contributed by atoms with E-state index in [4.69, 9.17) is 11.6 Å². The maximum atomic E-state index is 12.6. The molecule has 0 aromatic heterocycles. The lowest BCUT2D eigenvalue weighted by Crippen LogP contribution is -2.30. The number of carbonyl (C=O) groups is 2. The molecule has 2 N–H and O–H groups in total. The molecule has 0 radical (unpaired) electrons. The molecule has 1 fully saturated rings. The summed E-state index contributed by atoms with van der Waals surface area (Å²) in [7, 11) is 0. The summed E-state index contributed by atoms with van der Waals surface area (Å²) in [5.41, 5.74) is 3.55. The molecule has 0 atom stereocenters. The second-order valence-corrected chi connectivity index (χ2v) is 8.05. The molecule has 1 aliphatic carbocycles. The number of anilines is 2. The van der Waals surface area contributed by atoms with Gasteiger partial charge in [0, 0.05) is 35.9 Å². The zero-order chi connectivity index (χ0) is 19.5. The summed E-state index contributed by atoms with van der Waals surface area (Å²) >= 11 is 6.22. The van der Waals surface area contributed by atoms with E-state index >= 15 is 0 Å². The van der Waals surface area contributed by atoms with Crippen LogP contribution in [0.5, 0.6) is 0 Å². The minimum absolute atomic E-state index is 0.0652. The van der Waals surface area contributed by atoms with E-state index < -0.39 is 0 Å². The van der Waals surface area contributed by atoms with Gasteiger partial charge in [-0.3, -0.25) is 4.79 Å². The first-order valence-electron chi connectivity index (χ1n) is 9.80. The van der Waals surface area contributed by atoms with Crippen molar-refractivity contribution in [3.8, 4) is 0 Å². The molecule has 0 spiro atoms. The fourth-order valence-electron chi connectivity index (χ4n) is 4.05. The molecule has 1 heterocycles. The number of rotatable bonds is 4. The highest BCUT2D eigenvalue weighted by Crippen LogP contribution is 2.30. The van der Waals surface area contributed by atoms with Gasteiger partial charge in [0.05, 0.1) is 0 Å². The highest BCUT2D eigenvalue weighted by atomic mass is 35.5. The molecule has 5 nitrogen and oxygen atoms in total. The molecule has 146 valence electrons. The molecule has 6 heteroatoms. The van der Waals surface area contributed by atoms with Crippen LogP contribution in [-0.2, 0) is 17.9 Å². The number of urea groups is 1. The first-order valence-corrected chi connectivity index (χ1v) is 10.2. The largest absolute Gasteiger partial charge is 0.326 e. The normalized spacial score (nSPS) is 16.1. The lowest BCUT2D eigenvalue weighted by molar-refractivity contribution is -0.117. The predicted octanol–water partition coefficient (Wildman–Crippen LogP) is 5.41. The van der Waals surface area contributed by atoms with Crippen LogP contribution in [0.4, 0.5) is 16.2 Å². The second kappa shape index (κ2) is 8.23. The third-order valence-electron chi connectivity index (χ3n) is 5.58. The number of benzene rings is 2. The minimum atomic E-state index is -0.162. The van der Waals surface area contributed by atoms with Crippen molar-refractivity contribution in [3.05, 3.63) is 58.6 Å². The van der Waals surface area contributed by atoms with Crippen LogP contribution in [-0.4, -0.2) is 16.8 Å². The Morgan fingerprint density at radius 3 is 2.32 bits per heavy atom. The maximum Gasteiger partial charge on any atom is 0.322 e. The molecule has 1 aliphatic heterocycles. The number of nitrogens with zero attached hydrogens (tertiary/aromatic N) is 1. The second-order valence-electron chi connectivity index (χ2n) is 7.64. The van der Waals surface area contributed by atoms with Gasteiger partial charge in [-0.1, -0.05) is 36.6 Å². The highest BCUT2D eigenvalue weighted by Gasteiger charge is 2.25. The van der Waals surface area contributed by atoms with Gasteiger partial charge < -0.3 is 15.5 Å². The Morgan fingerprint density at radius 1 is 0.964 bits per heavy atom. The van der Waals surface area contributed by atoms with Crippen LogP contribution in [0.3, 0.4) is 0 Å². The van der Waals surface area contributed by atoms with Crippen molar-refractivity contribution in [2.45, 2.75) is 45.2 Å². The molecule has 4 rings (SSSR count). The summed E-state index contributed by atoms with van der Waals surface area (Å²) in [5.74, 6) is 0.590. The smallest absolute Gasteiger partial charge is 0.322 e. The molecule has 0 saturated heterocycles. The van der Waals surface area contributed by atoms with Gasteiger partial charge >= 0.3 is 6.03 Å². The Balaban J connectivity index is 1.30. The molecule has 2 aliphatic rings. The van der Waals surface area contributed by atoms with E-state index in [1.54, 1.807) is 17.0 Å². The average Bonchev–Trinajstić information content (AvgIpc) is 3.33. The predicted molar refractivity (Wildman–Crippen MR) is 111 cm³/mol. The van der Waals surface area contributed by atoms with Crippen molar-refractivity contribution in [3.63, 3.8) is 0 Å². The van der Waals surface area contributed by atoms with Crippen LogP contribution in [0.2, 0.25) is 5.02 Å². The fraction of sp³-hybridized carbons (Fsp3) is 0.364. The SMILES string of the molecule is O=C(CC1CCCC1)Nc1ccc(NC(=O)N2Cc3cccc(Cl)c3C2)cc1. The van der Waals surface area contributed by atoms with Crippen molar-refractivity contribution in [2.24, 2.45) is 5.92 Å². The number of hydrogen-bond donors (Lipinski definition) is 2. The van der Waals surface area contributed by atoms with Gasteiger partial charge in [-0.05, 0) is 60.2 Å². The van der Waals surface area contributed by atoms with Crippen LogP contribution in [0.25, 0.3) is 0 Å². The number of carbonyl (C=O) groups excluding carboxylic acids is 2. The third-order valence-corrected chi connectivity index (χ3v) is 5.94. The molecule has 3 amide bonds. The summed E-state index contributed by atoms with van der Waals surface area (Å²) in [5, 5.41) is 6.55. The number of fused-ring (bicyclic) bond motifs is 1. The first kappa shape index (κ1) is 18.8. The first-order chi connectivity index (χ1) is 13.6. The Hall–Kier alpha value is -2.53. The number of halogens is 1. The standard InChI is InChI=1S/C22H24ClN3O2/c23-20-7-3-6-16-13-26(14-19(16)20)22(28)25-18-10-8-17(9-11-18)24-21(27)12-15-4-1-2-5-15/h3,6-11,15H,1-2,4-5,12-14H2,(H,24,27)(H,25,28). The summed E-state index contributed by atoms with van der Waals surface area (Å²) in [6, 6.07) is 12.8. The number of nitrogens with one attached hydrogen (secondary N) is 2. The van der Waals surface area contributed by atoms with Gasteiger partial charge in [0.1, 0.15) is 0 Å². The molecule has 0 unspecified atom stereocenters. The van der Waals surface area contributed by atoms with Gasteiger partial charge in [-0.25, -0.2) is 4.79 Å². The van der Waals surface area contributed by atoms with Crippen molar-refractivity contribution in [1.82, 2.24) is 4.90 Å². The van der Waals surface area contributed by atoms with Crippen LogP contribution in [0.1, 0.15) is 43.2 Å². The van der Waals surface area contributed by atoms with E-state index in [1.165, 1.54) is 12.8 Å². The maximum absolute atomic E-state index is 12.6. The Morgan fingerprint density at radius 2 is 1.64 bits per heavy atom. The molecular weight excluding hydrogens is 374 g/mol. The van der Waals surface area contributed by atoms with E-state index in [2.05, 4.69) is 10.6 Å². The average molecular weight is 398 g/mol. The monoisotopic (exact) mass is 397 g/mol. The molecule has 28 heavy (non-hydrogen) atoms. The highest BCUT2D eigenvalue weighted by molar-refractivity contribution is 6.31. The third kappa shape index (κ3) is 4.30. The fourth-order valence-corrected chi connectivity index (χ4v) is 4.31.